The number of methoxy groups -OCH3 is 2. The Morgan fingerprint density at radius 2 is 2.13 bits per heavy atom. The Hall–Kier alpha value is -0.640. The maximum Gasteiger partial charge on any atom is 0.196 e. The highest BCUT2D eigenvalue weighted by atomic mass is 16.7. The van der Waals surface area contributed by atoms with Crippen LogP contribution < -0.4 is 5.32 Å². The van der Waals surface area contributed by atoms with Crippen LogP contribution in [0, 0.1) is 5.92 Å². The van der Waals surface area contributed by atoms with Gasteiger partial charge in [-0.05, 0) is 13.5 Å². The lowest BCUT2D eigenvalue weighted by Crippen LogP contribution is -2.54. The molecule has 0 radical (unpaired) electrons. The first-order valence-corrected chi connectivity index (χ1v) is 5.30. The predicted molar refractivity (Wildman–Crippen MR) is 61.7 cm³/mol. The Kier molecular flexibility index (Phi) is 4.08. The van der Waals surface area contributed by atoms with E-state index in [-0.39, 0.29) is 12.0 Å². The van der Waals surface area contributed by atoms with Crippen molar-refractivity contribution in [1.29, 1.82) is 0 Å². The lowest BCUT2D eigenvalue weighted by atomic mass is 9.98. The van der Waals surface area contributed by atoms with Crippen molar-refractivity contribution in [2.45, 2.75) is 25.7 Å². The molecule has 0 aliphatic heterocycles. The standard InChI is InChI=1S/C12H21NO2/c1-6-10-8-9(3)11(13-7-2)12(10,14-4)15-5/h6,8,10-11,13H,1,7H2,2-5H3/t10-,11-/m0/s1. The zero-order valence-electron chi connectivity index (χ0n) is 10.0. The van der Waals surface area contributed by atoms with Crippen molar-refractivity contribution in [3.8, 4) is 0 Å². The Morgan fingerprint density at radius 3 is 2.53 bits per heavy atom. The smallest absolute Gasteiger partial charge is 0.196 e. The van der Waals surface area contributed by atoms with E-state index in [0.717, 1.165) is 6.54 Å². The highest BCUT2D eigenvalue weighted by Crippen LogP contribution is 2.38. The summed E-state index contributed by atoms with van der Waals surface area (Å²) in [5.41, 5.74) is 1.24. The van der Waals surface area contributed by atoms with Crippen molar-refractivity contribution < 1.29 is 9.47 Å². The van der Waals surface area contributed by atoms with Crippen LogP contribution in [0.1, 0.15) is 13.8 Å². The number of hydrogen-bond donors (Lipinski definition) is 1. The van der Waals surface area contributed by atoms with Crippen LogP contribution in [0.5, 0.6) is 0 Å². The molecule has 3 nitrogen and oxygen atoms in total. The SMILES string of the molecule is C=C[C@H]1C=C(C)[C@H](NCC)C1(OC)OC. The zero-order chi connectivity index (χ0) is 11.5. The molecule has 0 unspecified atom stereocenters. The number of ether oxygens (including phenoxy) is 2. The van der Waals surface area contributed by atoms with E-state index < -0.39 is 5.79 Å². The maximum atomic E-state index is 5.58. The molecule has 1 aliphatic rings. The molecule has 0 bridgehead atoms. The van der Waals surface area contributed by atoms with Crippen molar-refractivity contribution in [3.05, 3.63) is 24.3 Å². The predicted octanol–water partition coefficient (Wildman–Crippen LogP) is 1.72. The molecule has 0 aromatic carbocycles. The van der Waals surface area contributed by atoms with Crippen molar-refractivity contribution in [1.82, 2.24) is 5.32 Å². The summed E-state index contributed by atoms with van der Waals surface area (Å²) in [6.07, 6.45) is 4.02. The van der Waals surface area contributed by atoms with Gasteiger partial charge in [-0.25, -0.2) is 0 Å². The molecule has 0 aromatic heterocycles. The van der Waals surface area contributed by atoms with E-state index in [9.17, 15) is 0 Å². The fraction of sp³-hybridized carbons (Fsp3) is 0.667. The van der Waals surface area contributed by atoms with Gasteiger partial charge in [-0.15, -0.1) is 6.58 Å². The normalized spacial score (nSPS) is 28.9. The van der Waals surface area contributed by atoms with Crippen LogP contribution in [0.4, 0.5) is 0 Å². The molecule has 1 N–H and O–H groups in total. The van der Waals surface area contributed by atoms with E-state index in [1.807, 2.05) is 6.08 Å². The van der Waals surface area contributed by atoms with Crippen LogP contribution in [0.25, 0.3) is 0 Å². The third kappa shape index (κ3) is 1.87. The summed E-state index contributed by atoms with van der Waals surface area (Å²) in [6.45, 7) is 8.87. The summed E-state index contributed by atoms with van der Waals surface area (Å²) in [5.74, 6) is -0.543. The number of rotatable bonds is 5. The highest BCUT2D eigenvalue weighted by Gasteiger charge is 2.49. The summed E-state index contributed by atoms with van der Waals surface area (Å²) in [7, 11) is 3.35. The summed E-state index contributed by atoms with van der Waals surface area (Å²) in [4.78, 5) is 0. The van der Waals surface area contributed by atoms with Crippen LogP contribution >= 0.6 is 0 Å². The Balaban J connectivity index is 3.02. The van der Waals surface area contributed by atoms with Gasteiger partial charge in [0.2, 0.25) is 0 Å². The molecule has 1 aliphatic carbocycles. The Morgan fingerprint density at radius 1 is 1.53 bits per heavy atom. The van der Waals surface area contributed by atoms with Gasteiger partial charge in [0, 0.05) is 14.2 Å². The van der Waals surface area contributed by atoms with E-state index >= 15 is 0 Å². The molecule has 86 valence electrons. The minimum atomic E-state index is -0.637. The molecular weight excluding hydrogens is 190 g/mol. The number of likely N-dealkylation sites (N-methyl/N-ethyl adjacent to an activating group) is 1. The monoisotopic (exact) mass is 211 g/mol. The third-order valence-electron chi connectivity index (χ3n) is 3.07. The molecule has 3 heteroatoms. The van der Waals surface area contributed by atoms with Crippen molar-refractivity contribution >= 4 is 0 Å². The average molecular weight is 211 g/mol. The fourth-order valence-electron chi connectivity index (χ4n) is 2.34. The second kappa shape index (κ2) is 4.92. The zero-order valence-corrected chi connectivity index (χ0v) is 10.0. The molecule has 0 saturated heterocycles. The van der Waals surface area contributed by atoms with E-state index in [0.29, 0.717) is 0 Å². The topological polar surface area (TPSA) is 30.5 Å². The molecule has 0 saturated carbocycles. The van der Waals surface area contributed by atoms with Crippen molar-refractivity contribution in [2.75, 3.05) is 20.8 Å². The second-order valence-electron chi connectivity index (χ2n) is 3.79. The van der Waals surface area contributed by atoms with Gasteiger partial charge in [-0.2, -0.15) is 0 Å². The largest absolute Gasteiger partial charge is 0.351 e. The number of hydrogen-bond acceptors (Lipinski definition) is 3. The lowest BCUT2D eigenvalue weighted by Gasteiger charge is -2.37. The van der Waals surface area contributed by atoms with Gasteiger partial charge in [0.15, 0.2) is 5.79 Å². The van der Waals surface area contributed by atoms with Gasteiger partial charge >= 0.3 is 0 Å². The summed E-state index contributed by atoms with van der Waals surface area (Å²) in [6, 6.07) is 0.0977. The van der Waals surface area contributed by atoms with Crippen molar-refractivity contribution in [2.24, 2.45) is 5.92 Å². The van der Waals surface area contributed by atoms with Crippen LogP contribution in [-0.2, 0) is 9.47 Å². The maximum absolute atomic E-state index is 5.58. The van der Waals surface area contributed by atoms with Gasteiger partial charge in [-0.1, -0.05) is 24.6 Å². The quantitative estimate of drug-likeness (QED) is 0.555. The van der Waals surface area contributed by atoms with Gasteiger partial charge in [0.05, 0.1) is 12.0 Å². The molecule has 2 atom stereocenters. The van der Waals surface area contributed by atoms with E-state index in [2.05, 4.69) is 31.8 Å². The molecule has 0 heterocycles. The van der Waals surface area contributed by atoms with Crippen LogP contribution in [0.2, 0.25) is 0 Å². The van der Waals surface area contributed by atoms with E-state index in [1.165, 1.54) is 5.57 Å². The first-order valence-electron chi connectivity index (χ1n) is 5.30. The van der Waals surface area contributed by atoms with Gasteiger partial charge in [0.1, 0.15) is 0 Å². The average Bonchev–Trinajstić information content (AvgIpc) is 2.53. The number of nitrogens with one attached hydrogen (secondary N) is 1. The Labute approximate surface area is 92.1 Å². The second-order valence-corrected chi connectivity index (χ2v) is 3.79. The first-order chi connectivity index (χ1) is 7.16. The Bertz CT molecular complexity index is 256. The minimum Gasteiger partial charge on any atom is -0.351 e. The van der Waals surface area contributed by atoms with Crippen LogP contribution in [-0.4, -0.2) is 32.6 Å². The molecular formula is C12H21NO2. The molecule has 1 rings (SSSR count). The van der Waals surface area contributed by atoms with Crippen molar-refractivity contribution in [3.63, 3.8) is 0 Å². The molecule has 0 fully saturated rings. The molecule has 0 aromatic rings. The van der Waals surface area contributed by atoms with E-state index in [4.69, 9.17) is 9.47 Å². The molecule has 0 spiro atoms. The fourth-order valence-corrected chi connectivity index (χ4v) is 2.34. The van der Waals surface area contributed by atoms with Gasteiger partial charge < -0.3 is 14.8 Å². The highest BCUT2D eigenvalue weighted by molar-refractivity contribution is 5.28. The van der Waals surface area contributed by atoms with Crippen LogP contribution in [0.15, 0.2) is 24.3 Å². The summed E-state index contributed by atoms with van der Waals surface area (Å²) >= 11 is 0. The van der Waals surface area contributed by atoms with Gasteiger partial charge in [-0.3, -0.25) is 0 Å². The van der Waals surface area contributed by atoms with Crippen LogP contribution in [0.3, 0.4) is 0 Å². The summed E-state index contributed by atoms with van der Waals surface area (Å²) in [5, 5.41) is 3.39. The third-order valence-corrected chi connectivity index (χ3v) is 3.07. The molecule has 0 amide bonds. The van der Waals surface area contributed by atoms with E-state index in [1.54, 1.807) is 14.2 Å². The minimum absolute atomic E-state index is 0.0940. The van der Waals surface area contributed by atoms with Gasteiger partial charge in [0.25, 0.3) is 0 Å². The lowest BCUT2D eigenvalue weighted by molar-refractivity contribution is -0.227. The first kappa shape index (κ1) is 12.4. The molecule has 15 heavy (non-hydrogen) atoms. The summed E-state index contributed by atoms with van der Waals surface area (Å²) < 4.78 is 11.2.